The standard InChI is InChI=1S/C10H12N2/c1-2-10-5-8-12(9-10)11-6-3-4-7-11/h3-9H,2H2,1H3. The summed E-state index contributed by atoms with van der Waals surface area (Å²) in [7, 11) is 0. The van der Waals surface area contributed by atoms with E-state index < -0.39 is 0 Å². The highest BCUT2D eigenvalue weighted by Crippen LogP contribution is 2.02. The molecule has 0 aliphatic heterocycles. The lowest BCUT2D eigenvalue weighted by molar-refractivity contribution is 0.666. The zero-order valence-electron chi connectivity index (χ0n) is 7.14. The molecule has 0 spiro atoms. The lowest BCUT2D eigenvalue weighted by Gasteiger charge is -2.01. The van der Waals surface area contributed by atoms with E-state index in [1.165, 1.54) is 5.56 Å². The Kier molecular flexibility index (Phi) is 1.74. The minimum atomic E-state index is 1.09. The van der Waals surface area contributed by atoms with Gasteiger partial charge in [-0.15, -0.1) is 0 Å². The first-order valence-corrected chi connectivity index (χ1v) is 4.20. The van der Waals surface area contributed by atoms with E-state index in [9.17, 15) is 0 Å². The van der Waals surface area contributed by atoms with Crippen LogP contribution in [0, 0.1) is 0 Å². The monoisotopic (exact) mass is 160 g/mol. The van der Waals surface area contributed by atoms with Crippen molar-refractivity contribution in [3.8, 4) is 0 Å². The van der Waals surface area contributed by atoms with Gasteiger partial charge in [0.25, 0.3) is 0 Å². The van der Waals surface area contributed by atoms with Crippen LogP contribution in [-0.2, 0) is 6.42 Å². The molecule has 12 heavy (non-hydrogen) atoms. The van der Waals surface area contributed by atoms with Gasteiger partial charge in [-0.3, -0.25) is 9.35 Å². The first kappa shape index (κ1) is 7.22. The molecule has 2 nitrogen and oxygen atoms in total. The summed E-state index contributed by atoms with van der Waals surface area (Å²) in [5.74, 6) is 0. The highest BCUT2D eigenvalue weighted by atomic mass is 15.4. The Hall–Kier alpha value is -1.44. The highest BCUT2D eigenvalue weighted by Gasteiger charge is 1.93. The number of aromatic nitrogens is 2. The SMILES string of the molecule is CCc1ccn(-n2cccc2)c1. The van der Waals surface area contributed by atoms with Crippen molar-refractivity contribution in [2.45, 2.75) is 13.3 Å². The van der Waals surface area contributed by atoms with Gasteiger partial charge in [-0.25, -0.2) is 0 Å². The highest BCUT2D eigenvalue weighted by molar-refractivity contribution is 5.10. The number of aryl methyl sites for hydroxylation is 1. The van der Waals surface area contributed by atoms with Gasteiger partial charge in [-0.2, -0.15) is 0 Å². The maximum absolute atomic E-state index is 2.16. The van der Waals surface area contributed by atoms with Crippen molar-refractivity contribution in [2.24, 2.45) is 0 Å². The third-order valence-corrected chi connectivity index (χ3v) is 2.00. The molecule has 0 aliphatic rings. The van der Waals surface area contributed by atoms with Crippen LogP contribution in [0.15, 0.2) is 43.0 Å². The molecule has 2 heterocycles. The molecule has 0 saturated carbocycles. The fourth-order valence-electron chi connectivity index (χ4n) is 1.26. The Balaban J connectivity index is 2.35. The minimum Gasteiger partial charge on any atom is -0.265 e. The summed E-state index contributed by atoms with van der Waals surface area (Å²) in [5.41, 5.74) is 1.36. The van der Waals surface area contributed by atoms with Crippen LogP contribution < -0.4 is 0 Å². The molecule has 0 unspecified atom stereocenters. The first-order valence-electron chi connectivity index (χ1n) is 4.20. The number of rotatable bonds is 2. The summed E-state index contributed by atoms with van der Waals surface area (Å²) < 4.78 is 4.11. The van der Waals surface area contributed by atoms with E-state index in [4.69, 9.17) is 0 Å². The van der Waals surface area contributed by atoms with Crippen molar-refractivity contribution in [2.75, 3.05) is 0 Å². The van der Waals surface area contributed by atoms with Crippen LogP contribution in [0.2, 0.25) is 0 Å². The third kappa shape index (κ3) is 1.16. The molecule has 0 radical (unpaired) electrons. The fraction of sp³-hybridized carbons (Fsp3) is 0.200. The maximum atomic E-state index is 2.16. The molecule has 0 saturated heterocycles. The molecule has 2 rings (SSSR count). The van der Waals surface area contributed by atoms with Crippen molar-refractivity contribution >= 4 is 0 Å². The Labute approximate surface area is 72.0 Å². The second-order valence-electron chi connectivity index (χ2n) is 2.82. The molecule has 0 N–H and O–H groups in total. The number of hydrogen-bond donors (Lipinski definition) is 0. The Morgan fingerprint density at radius 3 is 2.42 bits per heavy atom. The molecule has 2 aromatic rings. The zero-order chi connectivity index (χ0) is 8.39. The zero-order valence-corrected chi connectivity index (χ0v) is 7.14. The average Bonchev–Trinajstić information content (AvgIpc) is 2.75. The largest absolute Gasteiger partial charge is 0.265 e. The third-order valence-electron chi connectivity index (χ3n) is 2.00. The molecule has 0 atom stereocenters. The summed E-state index contributed by atoms with van der Waals surface area (Å²) in [6.07, 6.45) is 9.35. The summed E-state index contributed by atoms with van der Waals surface area (Å²) in [5, 5.41) is 0. The van der Waals surface area contributed by atoms with Gasteiger partial charge in [-0.1, -0.05) is 6.92 Å². The van der Waals surface area contributed by atoms with Gasteiger partial charge in [-0.05, 0) is 30.2 Å². The van der Waals surface area contributed by atoms with Crippen molar-refractivity contribution in [1.29, 1.82) is 0 Å². The van der Waals surface area contributed by atoms with Crippen LogP contribution >= 0.6 is 0 Å². The van der Waals surface area contributed by atoms with Gasteiger partial charge in [0.15, 0.2) is 0 Å². The van der Waals surface area contributed by atoms with Gasteiger partial charge >= 0.3 is 0 Å². The topological polar surface area (TPSA) is 9.86 Å². The lowest BCUT2D eigenvalue weighted by Crippen LogP contribution is -2.01. The second-order valence-corrected chi connectivity index (χ2v) is 2.82. The molecular weight excluding hydrogens is 148 g/mol. The molecule has 2 heteroatoms. The van der Waals surface area contributed by atoms with Crippen LogP contribution in [0.5, 0.6) is 0 Å². The summed E-state index contributed by atoms with van der Waals surface area (Å²) in [6, 6.07) is 6.18. The van der Waals surface area contributed by atoms with Crippen LogP contribution in [0.1, 0.15) is 12.5 Å². The molecule has 62 valence electrons. The van der Waals surface area contributed by atoms with Gasteiger partial charge in [0, 0.05) is 24.8 Å². The maximum Gasteiger partial charge on any atom is 0.0300 e. The molecule has 0 aliphatic carbocycles. The van der Waals surface area contributed by atoms with Gasteiger partial charge in [0.05, 0.1) is 0 Å². The van der Waals surface area contributed by atoms with Crippen LogP contribution in [0.3, 0.4) is 0 Å². The minimum absolute atomic E-state index is 1.09. The van der Waals surface area contributed by atoms with E-state index in [1.54, 1.807) is 0 Å². The predicted molar refractivity (Wildman–Crippen MR) is 49.0 cm³/mol. The Morgan fingerprint density at radius 2 is 1.83 bits per heavy atom. The van der Waals surface area contributed by atoms with E-state index in [-0.39, 0.29) is 0 Å². The van der Waals surface area contributed by atoms with E-state index >= 15 is 0 Å². The van der Waals surface area contributed by atoms with Crippen LogP contribution in [-0.4, -0.2) is 9.35 Å². The van der Waals surface area contributed by atoms with Crippen molar-refractivity contribution < 1.29 is 0 Å². The van der Waals surface area contributed by atoms with Crippen molar-refractivity contribution in [3.63, 3.8) is 0 Å². The van der Waals surface area contributed by atoms with E-state index in [0.717, 1.165) is 6.42 Å². The van der Waals surface area contributed by atoms with Crippen molar-refractivity contribution in [1.82, 2.24) is 9.35 Å². The van der Waals surface area contributed by atoms with Gasteiger partial charge < -0.3 is 0 Å². The summed E-state index contributed by atoms with van der Waals surface area (Å²) >= 11 is 0. The fourth-order valence-corrected chi connectivity index (χ4v) is 1.26. The predicted octanol–water partition coefficient (Wildman–Crippen LogP) is 2.16. The smallest absolute Gasteiger partial charge is 0.0300 e. The van der Waals surface area contributed by atoms with Gasteiger partial charge in [0.2, 0.25) is 0 Å². The second kappa shape index (κ2) is 2.89. The Bertz CT molecular complexity index is 344. The number of hydrogen-bond acceptors (Lipinski definition) is 0. The molecule has 0 fully saturated rings. The molecule has 2 aromatic heterocycles. The van der Waals surface area contributed by atoms with Crippen LogP contribution in [0.4, 0.5) is 0 Å². The van der Waals surface area contributed by atoms with Crippen molar-refractivity contribution in [3.05, 3.63) is 48.5 Å². The van der Waals surface area contributed by atoms with E-state index in [2.05, 4.69) is 30.1 Å². The van der Waals surface area contributed by atoms with Gasteiger partial charge in [0.1, 0.15) is 0 Å². The molecule has 0 aromatic carbocycles. The average molecular weight is 160 g/mol. The van der Waals surface area contributed by atoms with Crippen LogP contribution in [0.25, 0.3) is 0 Å². The summed E-state index contributed by atoms with van der Waals surface area (Å²) in [6.45, 7) is 2.16. The molecule has 0 amide bonds. The molecule has 0 bridgehead atoms. The quantitative estimate of drug-likeness (QED) is 0.637. The molecular formula is C10H12N2. The first-order chi connectivity index (χ1) is 5.90. The normalized spacial score (nSPS) is 10.4. The van der Waals surface area contributed by atoms with E-state index in [0.29, 0.717) is 0 Å². The Morgan fingerprint density at radius 1 is 1.08 bits per heavy atom. The summed E-state index contributed by atoms with van der Waals surface area (Å²) in [4.78, 5) is 0. The van der Waals surface area contributed by atoms with E-state index in [1.807, 2.05) is 29.2 Å². The lowest BCUT2D eigenvalue weighted by atomic mass is 10.3. The number of nitrogens with zero attached hydrogens (tertiary/aromatic N) is 2.